The SMILES string of the molecule is O=C(CCCNc1ccc([N+](=O)[O-])cc1[N+](=O)[O-])ON1C(=O)CCC1=O. The first-order valence-electron chi connectivity index (χ1n) is 7.53. The van der Waals surface area contributed by atoms with Gasteiger partial charge >= 0.3 is 5.97 Å². The zero-order valence-electron chi connectivity index (χ0n) is 13.4. The van der Waals surface area contributed by atoms with Gasteiger partial charge < -0.3 is 10.2 Å². The topological polar surface area (TPSA) is 162 Å². The monoisotopic (exact) mass is 366 g/mol. The van der Waals surface area contributed by atoms with Crippen LogP contribution in [0.1, 0.15) is 25.7 Å². The largest absolute Gasteiger partial charge is 0.379 e. The van der Waals surface area contributed by atoms with Crippen LogP contribution in [0.4, 0.5) is 17.1 Å². The number of amides is 2. The molecule has 1 aromatic rings. The van der Waals surface area contributed by atoms with E-state index in [1.54, 1.807) is 0 Å². The lowest BCUT2D eigenvalue weighted by atomic mass is 10.2. The molecule has 0 saturated carbocycles. The van der Waals surface area contributed by atoms with Crippen LogP contribution in [0.25, 0.3) is 0 Å². The Labute approximate surface area is 146 Å². The van der Waals surface area contributed by atoms with Crippen LogP contribution in [0, 0.1) is 20.2 Å². The molecule has 1 aromatic carbocycles. The summed E-state index contributed by atoms with van der Waals surface area (Å²) in [5.41, 5.74) is -0.806. The predicted octanol–water partition coefficient (Wildman–Crippen LogP) is 1.30. The van der Waals surface area contributed by atoms with Crippen molar-refractivity contribution in [1.29, 1.82) is 0 Å². The van der Waals surface area contributed by atoms with E-state index in [4.69, 9.17) is 0 Å². The summed E-state index contributed by atoms with van der Waals surface area (Å²) in [7, 11) is 0. The minimum Gasteiger partial charge on any atom is -0.379 e. The van der Waals surface area contributed by atoms with E-state index in [0.717, 1.165) is 12.1 Å². The number of nitrogens with zero attached hydrogens (tertiary/aromatic N) is 3. The number of hydrogen-bond donors (Lipinski definition) is 1. The molecule has 1 aliphatic heterocycles. The van der Waals surface area contributed by atoms with Crippen LogP contribution in [0.3, 0.4) is 0 Å². The summed E-state index contributed by atoms with van der Waals surface area (Å²) in [5, 5.41) is 24.8. The Hall–Kier alpha value is -3.57. The summed E-state index contributed by atoms with van der Waals surface area (Å²) < 4.78 is 0. The van der Waals surface area contributed by atoms with E-state index in [9.17, 15) is 34.6 Å². The number of non-ortho nitro benzene ring substituents is 1. The number of nitro benzene ring substituents is 2. The first kappa shape index (κ1) is 18.8. The first-order valence-corrected chi connectivity index (χ1v) is 7.53. The second kappa shape index (κ2) is 8.00. The second-order valence-electron chi connectivity index (χ2n) is 5.29. The fourth-order valence-corrected chi connectivity index (χ4v) is 2.20. The minimum atomic E-state index is -0.784. The number of carbonyl (C=O) groups is 3. The third-order valence-corrected chi connectivity index (χ3v) is 3.46. The van der Waals surface area contributed by atoms with E-state index in [0.29, 0.717) is 5.06 Å². The van der Waals surface area contributed by atoms with Gasteiger partial charge in [-0.2, -0.15) is 0 Å². The average Bonchev–Trinajstić information content (AvgIpc) is 2.90. The summed E-state index contributed by atoms with van der Waals surface area (Å²) >= 11 is 0. The van der Waals surface area contributed by atoms with Crippen molar-refractivity contribution >= 4 is 34.8 Å². The fourth-order valence-electron chi connectivity index (χ4n) is 2.20. The van der Waals surface area contributed by atoms with Gasteiger partial charge in [0.05, 0.1) is 15.9 Å². The number of nitro groups is 2. The van der Waals surface area contributed by atoms with Gasteiger partial charge in [-0.3, -0.25) is 29.8 Å². The molecule has 0 aromatic heterocycles. The fraction of sp³-hybridized carbons (Fsp3) is 0.357. The molecule has 0 radical (unpaired) electrons. The van der Waals surface area contributed by atoms with Crippen LogP contribution < -0.4 is 5.32 Å². The summed E-state index contributed by atoms with van der Waals surface area (Å²) in [6.45, 7) is 0.135. The number of nitrogens with one attached hydrogen (secondary N) is 1. The van der Waals surface area contributed by atoms with Crippen LogP contribution in [0.2, 0.25) is 0 Å². The normalized spacial score (nSPS) is 13.6. The third kappa shape index (κ3) is 4.49. The maximum Gasteiger partial charge on any atom is 0.333 e. The van der Waals surface area contributed by atoms with Gasteiger partial charge in [0.15, 0.2) is 0 Å². The maximum absolute atomic E-state index is 11.6. The van der Waals surface area contributed by atoms with Crippen molar-refractivity contribution in [3.05, 3.63) is 38.4 Å². The van der Waals surface area contributed by atoms with Crippen LogP contribution in [-0.2, 0) is 19.2 Å². The number of hydroxylamine groups is 2. The Bertz CT molecular complexity index is 762. The molecule has 1 saturated heterocycles. The van der Waals surface area contributed by atoms with Gasteiger partial charge in [-0.15, -0.1) is 5.06 Å². The number of benzene rings is 1. The molecule has 0 bridgehead atoms. The van der Waals surface area contributed by atoms with Gasteiger partial charge in [0.25, 0.3) is 23.2 Å². The number of hydrogen-bond acceptors (Lipinski definition) is 9. The molecule has 138 valence electrons. The van der Waals surface area contributed by atoms with E-state index in [2.05, 4.69) is 10.2 Å². The molecule has 1 aliphatic rings. The number of carbonyl (C=O) groups excluding carboxylic acids is 3. The van der Waals surface area contributed by atoms with E-state index in [1.807, 2.05) is 0 Å². The molecule has 0 aliphatic carbocycles. The van der Waals surface area contributed by atoms with Crippen LogP contribution >= 0.6 is 0 Å². The number of anilines is 1. The molecule has 12 heteroatoms. The molecule has 0 atom stereocenters. The Morgan fingerprint density at radius 3 is 2.38 bits per heavy atom. The Balaban J connectivity index is 1.85. The second-order valence-corrected chi connectivity index (χ2v) is 5.29. The van der Waals surface area contributed by atoms with Crippen molar-refractivity contribution in [3.63, 3.8) is 0 Å². The zero-order chi connectivity index (χ0) is 19.3. The lowest BCUT2D eigenvalue weighted by Gasteiger charge is -2.12. The molecule has 1 heterocycles. The van der Waals surface area contributed by atoms with E-state index >= 15 is 0 Å². The van der Waals surface area contributed by atoms with Crippen molar-refractivity contribution < 1.29 is 29.1 Å². The van der Waals surface area contributed by atoms with E-state index < -0.39 is 39.0 Å². The number of rotatable bonds is 8. The van der Waals surface area contributed by atoms with E-state index in [1.165, 1.54) is 6.07 Å². The molecule has 12 nitrogen and oxygen atoms in total. The van der Waals surface area contributed by atoms with E-state index in [-0.39, 0.29) is 37.9 Å². The molecule has 2 rings (SSSR count). The van der Waals surface area contributed by atoms with Gasteiger partial charge in [-0.05, 0) is 12.5 Å². The molecule has 2 amide bonds. The van der Waals surface area contributed by atoms with Gasteiger partial charge in [-0.25, -0.2) is 4.79 Å². The molecule has 1 N–H and O–H groups in total. The Morgan fingerprint density at radius 1 is 1.15 bits per heavy atom. The highest BCUT2D eigenvalue weighted by Crippen LogP contribution is 2.28. The van der Waals surface area contributed by atoms with Crippen LogP contribution in [0.15, 0.2) is 18.2 Å². The van der Waals surface area contributed by atoms with Crippen LogP contribution in [-0.4, -0.2) is 39.2 Å². The standard InChI is InChI=1S/C14H14N4O8/c19-12-5-6-13(20)16(12)26-14(21)2-1-7-15-10-4-3-9(17(22)23)8-11(10)18(24)25/h3-4,8,15H,1-2,5-7H2. The Morgan fingerprint density at radius 2 is 1.81 bits per heavy atom. The third-order valence-electron chi connectivity index (χ3n) is 3.46. The van der Waals surface area contributed by atoms with Crippen LogP contribution in [0.5, 0.6) is 0 Å². The van der Waals surface area contributed by atoms with Crippen molar-refractivity contribution in [2.24, 2.45) is 0 Å². The lowest BCUT2D eigenvalue weighted by Crippen LogP contribution is -2.32. The van der Waals surface area contributed by atoms with Crippen molar-refractivity contribution in [3.8, 4) is 0 Å². The highest BCUT2D eigenvalue weighted by molar-refractivity contribution is 6.01. The van der Waals surface area contributed by atoms with Crippen molar-refractivity contribution in [1.82, 2.24) is 5.06 Å². The molecular formula is C14H14N4O8. The Kier molecular flexibility index (Phi) is 5.78. The quantitative estimate of drug-likeness (QED) is 0.309. The number of imide groups is 1. The molecule has 0 unspecified atom stereocenters. The molecule has 0 spiro atoms. The van der Waals surface area contributed by atoms with Crippen molar-refractivity contribution in [2.75, 3.05) is 11.9 Å². The average molecular weight is 366 g/mol. The smallest absolute Gasteiger partial charge is 0.333 e. The van der Waals surface area contributed by atoms with Gasteiger partial charge in [0, 0.05) is 31.9 Å². The van der Waals surface area contributed by atoms with Gasteiger partial charge in [-0.1, -0.05) is 0 Å². The van der Waals surface area contributed by atoms with Gasteiger partial charge in [0.2, 0.25) is 0 Å². The first-order chi connectivity index (χ1) is 12.3. The highest BCUT2D eigenvalue weighted by Gasteiger charge is 2.32. The zero-order valence-corrected chi connectivity index (χ0v) is 13.4. The summed E-state index contributed by atoms with van der Waals surface area (Å²) in [6, 6.07) is 3.16. The summed E-state index contributed by atoms with van der Waals surface area (Å²) in [6.07, 6.45) is 0.0585. The molecule has 1 fully saturated rings. The summed E-state index contributed by atoms with van der Waals surface area (Å²) in [5.74, 6) is -1.94. The lowest BCUT2D eigenvalue weighted by molar-refractivity contribution is -0.393. The highest BCUT2D eigenvalue weighted by atomic mass is 16.7. The summed E-state index contributed by atoms with van der Waals surface area (Å²) in [4.78, 5) is 59.1. The predicted molar refractivity (Wildman–Crippen MR) is 84.7 cm³/mol. The molecule has 26 heavy (non-hydrogen) atoms. The van der Waals surface area contributed by atoms with Crippen molar-refractivity contribution in [2.45, 2.75) is 25.7 Å². The maximum atomic E-state index is 11.6. The molecular weight excluding hydrogens is 352 g/mol. The minimum absolute atomic E-state index is 0.00250. The van der Waals surface area contributed by atoms with Gasteiger partial charge in [0.1, 0.15) is 5.69 Å².